The Balaban J connectivity index is 2.24. The lowest BCUT2D eigenvalue weighted by molar-refractivity contribution is -0.385. The molecule has 0 atom stereocenters. The summed E-state index contributed by atoms with van der Waals surface area (Å²) in [5, 5.41) is 19.6. The topological polar surface area (TPSA) is 98.4 Å². The van der Waals surface area contributed by atoms with Gasteiger partial charge >= 0.3 is 6.01 Å². The first-order valence-electron chi connectivity index (χ1n) is 5.13. The second kappa shape index (κ2) is 5.72. The van der Waals surface area contributed by atoms with Crippen LogP contribution in [0.1, 0.15) is 5.56 Å². The summed E-state index contributed by atoms with van der Waals surface area (Å²) in [4.78, 5) is 17.9. The van der Waals surface area contributed by atoms with E-state index in [4.69, 9.17) is 9.84 Å². The van der Waals surface area contributed by atoms with Crippen molar-refractivity contribution >= 4 is 21.6 Å². The maximum atomic E-state index is 10.7. The van der Waals surface area contributed by atoms with E-state index in [-0.39, 0.29) is 24.1 Å². The lowest BCUT2D eigenvalue weighted by Gasteiger charge is -2.04. The molecule has 2 rings (SSSR count). The van der Waals surface area contributed by atoms with Crippen LogP contribution < -0.4 is 4.74 Å². The number of nitrogens with zero attached hydrogens (tertiary/aromatic N) is 3. The number of hydrogen-bond donors (Lipinski definition) is 1. The Morgan fingerprint density at radius 2 is 2.00 bits per heavy atom. The Morgan fingerprint density at radius 1 is 1.32 bits per heavy atom. The number of non-ortho nitro benzene ring substituents is 1. The summed E-state index contributed by atoms with van der Waals surface area (Å²) >= 11 is 3.16. The van der Waals surface area contributed by atoms with Crippen LogP contribution in [0.25, 0.3) is 0 Å². The maximum Gasteiger partial charge on any atom is 0.321 e. The highest BCUT2D eigenvalue weighted by Crippen LogP contribution is 2.28. The molecular formula is C11H8BrN3O4. The molecule has 0 aliphatic heterocycles. The number of nitro benzene ring substituents is 1. The van der Waals surface area contributed by atoms with Gasteiger partial charge < -0.3 is 9.84 Å². The smallest absolute Gasteiger partial charge is 0.321 e. The van der Waals surface area contributed by atoms with Crippen LogP contribution in [-0.2, 0) is 6.61 Å². The molecule has 1 N–H and O–H groups in total. The average molecular weight is 326 g/mol. The number of rotatable bonds is 4. The third-order valence-electron chi connectivity index (χ3n) is 2.14. The van der Waals surface area contributed by atoms with Crippen LogP contribution in [0.2, 0.25) is 0 Å². The molecule has 0 radical (unpaired) electrons. The van der Waals surface area contributed by atoms with Crippen molar-refractivity contribution in [2.24, 2.45) is 0 Å². The van der Waals surface area contributed by atoms with Gasteiger partial charge in [-0.25, -0.2) is 9.97 Å². The van der Waals surface area contributed by atoms with E-state index in [9.17, 15) is 10.1 Å². The standard InChI is InChI=1S/C11H8BrN3O4/c12-8-1-9(15(17)18)3-10(2-8)19-11-13-4-7(6-16)5-14-11/h1-5,16H,6H2. The fourth-order valence-corrected chi connectivity index (χ4v) is 1.76. The summed E-state index contributed by atoms with van der Waals surface area (Å²) in [7, 11) is 0. The Morgan fingerprint density at radius 3 is 2.58 bits per heavy atom. The van der Waals surface area contributed by atoms with E-state index in [1.54, 1.807) is 6.07 Å². The molecule has 0 saturated carbocycles. The molecule has 0 amide bonds. The number of aliphatic hydroxyl groups excluding tert-OH is 1. The van der Waals surface area contributed by atoms with Crippen molar-refractivity contribution < 1.29 is 14.8 Å². The number of aliphatic hydroxyl groups is 1. The Labute approximate surface area is 116 Å². The van der Waals surface area contributed by atoms with Crippen molar-refractivity contribution in [3.8, 4) is 11.8 Å². The van der Waals surface area contributed by atoms with E-state index in [0.29, 0.717) is 10.0 Å². The van der Waals surface area contributed by atoms with Crippen molar-refractivity contribution in [3.05, 3.63) is 50.7 Å². The fourth-order valence-electron chi connectivity index (χ4n) is 1.29. The van der Waals surface area contributed by atoms with Crippen LogP contribution in [0.15, 0.2) is 35.1 Å². The first-order valence-corrected chi connectivity index (χ1v) is 5.92. The van der Waals surface area contributed by atoms with Crippen molar-refractivity contribution in [1.29, 1.82) is 0 Å². The molecule has 7 nitrogen and oxygen atoms in total. The van der Waals surface area contributed by atoms with Crippen molar-refractivity contribution in [3.63, 3.8) is 0 Å². The van der Waals surface area contributed by atoms with Gasteiger partial charge in [0.2, 0.25) is 0 Å². The van der Waals surface area contributed by atoms with E-state index >= 15 is 0 Å². The lowest BCUT2D eigenvalue weighted by atomic mass is 10.3. The Hall–Kier alpha value is -2.06. The molecule has 0 spiro atoms. The molecule has 8 heteroatoms. The van der Waals surface area contributed by atoms with Crippen LogP contribution in [0.5, 0.6) is 11.8 Å². The summed E-state index contributed by atoms with van der Waals surface area (Å²) in [6.45, 7) is -0.164. The number of aromatic nitrogens is 2. The van der Waals surface area contributed by atoms with E-state index in [1.807, 2.05) is 0 Å². The largest absolute Gasteiger partial charge is 0.424 e. The average Bonchev–Trinajstić information content (AvgIpc) is 2.39. The van der Waals surface area contributed by atoms with Gasteiger partial charge in [0.1, 0.15) is 5.75 Å². The van der Waals surface area contributed by atoms with Crippen LogP contribution in [0.4, 0.5) is 5.69 Å². The van der Waals surface area contributed by atoms with Gasteiger partial charge in [-0.15, -0.1) is 0 Å². The van der Waals surface area contributed by atoms with E-state index < -0.39 is 4.92 Å². The van der Waals surface area contributed by atoms with Crippen molar-refractivity contribution in [2.75, 3.05) is 0 Å². The minimum Gasteiger partial charge on any atom is -0.424 e. The summed E-state index contributed by atoms with van der Waals surface area (Å²) < 4.78 is 5.83. The number of benzene rings is 1. The minimum atomic E-state index is -0.520. The number of halogens is 1. The fraction of sp³-hybridized carbons (Fsp3) is 0.0909. The SMILES string of the molecule is O=[N+]([O-])c1cc(Br)cc(Oc2ncc(CO)cn2)c1. The quantitative estimate of drug-likeness (QED) is 0.684. The van der Waals surface area contributed by atoms with E-state index in [1.165, 1.54) is 24.5 Å². The van der Waals surface area contributed by atoms with Crippen LogP contribution in [0, 0.1) is 10.1 Å². The predicted molar refractivity (Wildman–Crippen MR) is 68.8 cm³/mol. The molecule has 98 valence electrons. The summed E-state index contributed by atoms with van der Waals surface area (Å²) in [5.41, 5.74) is 0.448. The second-order valence-electron chi connectivity index (χ2n) is 3.54. The predicted octanol–water partition coefficient (Wildman–Crippen LogP) is 2.43. The van der Waals surface area contributed by atoms with Gasteiger partial charge in [0, 0.05) is 28.5 Å². The van der Waals surface area contributed by atoms with Gasteiger partial charge in [0.25, 0.3) is 5.69 Å². The molecule has 0 unspecified atom stereocenters. The van der Waals surface area contributed by atoms with Crippen LogP contribution in [0.3, 0.4) is 0 Å². The van der Waals surface area contributed by atoms with Gasteiger partial charge in [-0.3, -0.25) is 10.1 Å². The molecule has 0 aliphatic rings. The highest BCUT2D eigenvalue weighted by atomic mass is 79.9. The van der Waals surface area contributed by atoms with Gasteiger partial charge in [-0.05, 0) is 6.07 Å². The minimum absolute atomic E-state index is 0.0459. The highest BCUT2D eigenvalue weighted by molar-refractivity contribution is 9.10. The summed E-state index contributed by atoms with van der Waals surface area (Å²) in [5.74, 6) is 0.248. The maximum absolute atomic E-state index is 10.7. The molecular weight excluding hydrogens is 318 g/mol. The molecule has 1 heterocycles. The zero-order chi connectivity index (χ0) is 13.8. The zero-order valence-electron chi connectivity index (χ0n) is 9.49. The molecule has 0 fully saturated rings. The highest BCUT2D eigenvalue weighted by Gasteiger charge is 2.11. The first kappa shape index (κ1) is 13.4. The molecule has 1 aromatic carbocycles. The van der Waals surface area contributed by atoms with Crippen LogP contribution >= 0.6 is 15.9 Å². The molecule has 0 bridgehead atoms. The third-order valence-corrected chi connectivity index (χ3v) is 2.60. The monoisotopic (exact) mass is 325 g/mol. The third kappa shape index (κ3) is 3.46. The van der Waals surface area contributed by atoms with E-state index in [0.717, 1.165) is 0 Å². The molecule has 2 aromatic rings. The molecule has 0 saturated heterocycles. The van der Waals surface area contributed by atoms with Crippen molar-refractivity contribution in [2.45, 2.75) is 6.61 Å². The lowest BCUT2D eigenvalue weighted by Crippen LogP contribution is -1.95. The number of hydrogen-bond acceptors (Lipinski definition) is 6. The van der Waals surface area contributed by atoms with Crippen molar-refractivity contribution in [1.82, 2.24) is 9.97 Å². The molecule has 19 heavy (non-hydrogen) atoms. The Bertz CT molecular complexity index is 603. The zero-order valence-corrected chi connectivity index (χ0v) is 11.1. The molecule has 1 aromatic heterocycles. The van der Waals surface area contributed by atoms with Gasteiger partial charge in [0.05, 0.1) is 17.6 Å². The summed E-state index contributed by atoms with van der Waals surface area (Å²) in [6.07, 6.45) is 2.82. The number of nitro groups is 1. The number of ether oxygens (including phenoxy) is 1. The van der Waals surface area contributed by atoms with Crippen LogP contribution in [-0.4, -0.2) is 20.0 Å². The van der Waals surface area contributed by atoms with Gasteiger partial charge in [-0.2, -0.15) is 0 Å². The van der Waals surface area contributed by atoms with E-state index in [2.05, 4.69) is 25.9 Å². The summed E-state index contributed by atoms with van der Waals surface area (Å²) in [6, 6.07) is 4.25. The molecule has 0 aliphatic carbocycles. The Kier molecular flexibility index (Phi) is 4.03. The first-order chi connectivity index (χ1) is 9.08. The van der Waals surface area contributed by atoms with Gasteiger partial charge in [-0.1, -0.05) is 15.9 Å². The normalized spacial score (nSPS) is 10.2. The second-order valence-corrected chi connectivity index (χ2v) is 4.45. The van der Waals surface area contributed by atoms with Gasteiger partial charge in [0.15, 0.2) is 0 Å².